The van der Waals surface area contributed by atoms with Gasteiger partial charge in [0.2, 0.25) is 0 Å². The Morgan fingerprint density at radius 2 is 1.77 bits per heavy atom. The smallest absolute Gasteiger partial charge is 0.144 e. The van der Waals surface area contributed by atoms with Gasteiger partial charge in [0.05, 0.1) is 11.2 Å². The molecular formula is C17H15ClIN3. The number of aromatic nitrogens is 2. The molecule has 5 heteroatoms. The SMILES string of the molecule is Cc1cc2ncnc(N(C)c3cc(Cl)ccc3I)c2cc1C. The van der Waals surface area contributed by atoms with Crippen LogP contribution in [0, 0.1) is 17.4 Å². The van der Waals surface area contributed by atoms with E-state index in [2.05, 4.69) is 63.4 Å². The fourth-order valence-corrected chi connectivity index (χ4v) is 3.29. The Morgan fingerprint density at radius 3 is 2.55 bits per heavy atom. The van der Waals surface area contributed by atoms with Crippen molar-refractivity contribution in [2.24, 2.45) is 0 Å². The molecule has 0 saturated carbocycles. The van der Waals surface area contributed by atoms with Crippen molar-refractivity contribution < 1.29 is 0 Å². The zero-order valence-electron chi connectivity index (χ0n) is 12.6. The van der Waals surface area contributed by atoms with Crippen LogP contribution in [0.25, 0.3) is 10.9 Å². The summed E-state index contributed by atoms with van der Waals surface area (Å²) in [7, 11) is 2.00. The number of anilines is 2. The molecule has 3 nitrogen and oxygen atoms in total. The largest absolute Gasteiger partial charge is 0.328 e. The van der Waals surface area contributed by atoms with E-state index < -0.39 is 0 Å². The molecule has 0 unspecified atom stereocenters. The molecule has 0 spiro atoms. The summed E-state index contributed by atoms with van der Waals surface area (Å²) >= 11 is 8.46. The molecule has 1 heterocycles. The van der Waals surface area contributed by atoms with E-state index in [0.717, 1.165) is 26.0 Å². The van der Waals surface area contributed by atoms with Gasteiger partial charge in [0.25, 0.3) is 0 Å². The number of benzene rings is 2. The fourth-order valence-electron chi connectivity index (χ4n) is 2.43. The summed E-state index contributed by atoms with van der Waals surface area (Å²) in [6.07, 6.45) is 1.61. The van der Waals surface area contributed by atoms with Gasteiger partial charge in [0.15, 0.2) is 0 Å². The number of hydrogen-bond donors (Lipinski definition) is 0. The van der Waals surface area contributed by atoms with Gasteiger partial charge in [-0.15, -0.1) is 0 Å². The molecular weight excluding hydrogens is 409 g/mol. The van der Waals surface area contributed by atoms with Crippen molar-refractivity contribution in [3.05, 3.63) is 56.4 Å². The monoisotopic (exact) mass is 423 g/mol. The molecule has 3 rings (SSSR count). The van der Waals surface area contributed by atoms with Gasteiger partial charge in [-0.1, -0.05) is 11.6 Å². The first-order chi connectivity index (χ1) is 10.5. The Hall–Kier alpha value is -1.40. The third-order valence-corrected chi connectivity index (χ3v) is 4.96. The van der Waals surface area contributed by atoms with Gasteiger partial charge < -0.3 is 4.90 Å². The molecule has 0 saturated heterocycles. The van der Waals surface area contributed by atoms with Gasteiger partial charge in [0.1, 0.15) is 12.1 Å². The maximum absolute atomic E-state index is 6.15. The number of aryl methyl sites for hydroxylation is 2. The van der Waals surface area contributed by atoms with Crippen LogP contribution in [-0.4, -0.2) is 17.0 Å². The summed E-state index contributed by atoms with van der Waals surface area (Å²) in [5, 5.41) is 1.76. The molecule has 22 heavy (non-hydrogen) atoms. The second-order valence-electron chi connectivity index (χ2n) is 5.31. The van der Waals surface area contributed by atoms with Gasteiger partial charge in [-0.05, 0) is 77.9 Å². The molecule has 2 aromatic carbocycles. The first kappa shape index (κ1) is 15.5. The van der Waals surface area contributed by atoms with E-state index in [0.29, 0.717) is 5.02 Å². The third-order valence-electron chi connectivity index (χ3n) is 3.82. The fraction of sp³-hybridized carbons (Fsp3) is 0.176. The average Bonchev–Trinajstić information content (AvgIpc) is 2.49. The number of rotatable bonds is 2. The molecule has 0 N–H and O–H groups in total. The minimum Gasteiger partial charge on any atom is -0.328 e. The minimum absolute atomic E-state index is 0.715. The van der Waals surface area contributed by atoms with E-state index in [1.807, 2.05) is 25.2 Å². The molecule has 112 valence electrons. The lowest BCUT2D eigenvalue weighted by Gasteiger charge is -2.21. The predicted molar refractivity (Wildman–Crippen MR) is 101 cm³/mol. The van der Waals surface area contributed by atoms with Crippen LogP contribution in [0.2, 0.25) is 5.02 Å². The molecule has 0 aliphatic rings. The summed E-state index contributed by atoms with van der Waals surface area (Å²) in [5.41, 5.74) is 4.46. The molecule has 0 bridgehead atoms. The van der Waals surface area contributed by atoms with Crippen LogP contribution in [0.5, 0.6) is 0 Å². The molecule has 0 amide bonds. The third kappa shape index (κ3) is 2.77. The van der Waals surface area contributed by atoms with Crippen LogP contribution in [0.15, 0.2) is 36.7 Å². The topological polar surface area (TPSA) is 29.0 Å². The Bertz CT molecular complexity index is 864. The van der Waals surface area contributed by atoms with E-state index in [1.165, 1.54) is 11.1 Å². The number of hydrogen-bond acceptors (Lipinski definition) is 3. The Morgan fingerprint density at radius 1 is 1.05 bits per heavy atom. The molecule has 0 fully saturated rings. The Balaban J connectivity index is 2.21. The standard InChI is InChI=1S/C17H15ClIN3/c1-10-6-13-15(7-11(10)2)20-9-21-17(13)22(3)16-8-12(18)4-5-14(16)19/h4-9H,1-3H3. The van der Waals surface area contributed by atoms with Crippen LogP contribution in [0.3, 0.4) is 0 Å². The van der Waals surface area contributed by atoms with Crippen LogP contribution >= 0.6 is 34.2 Å². The van der Waals surface area contributed by atoms with Crippen molar-refractivity contribution in [3.63, 3.8) is 0 Å². The van der Waals surface area contributed by atoms with Crippen molar-refractivity contribution in [2.45, 2.75) is 13.8 Å². The highest BCUT2D eigenvalue weighted by atomic mass is 127. The van der Waals surface area contributed by atoms with Crippen molar-refractivity contribution >= 4 is 56.6 Å². The van der Waals surface area contributed by atoms with Crippen LogP contribution in [0.1, 0.15) is 11.1 Å². The van der Waals surface area contributed by atoms with E-state index >= 15 is 0 Å². The first-order valence-corrected chi connectivity index (χ1v) is 8.34. The van der Waals surface area contributed by atoms with Crippen molar-refractivity contribution in [1.82, 2.24) is 9.97 Å². The zero-order valence-corrected chi connectivity index (χ0v) is 15.5. The van der Waals surface area contributed by atoms with Gasteiger partial charge in [-0.25, -0.2) is 9.97 Å². The molecule has 1 aromatic heterocycles. The van der Waals surface area contributed by atoms with Crippen molar-refractivity contribution in [2.75, 3.05) is 11.9 Å². The van der Waals surface area contributed by atoms with E-state index in [1.54, 1.807) is 6.33 Å². The first-order valence-electron chi connectivity index (χ1n) is 6.88. The van der Waals surface area contributed by atoms with Crippen LogP contribution in [-0.2, 0) is 0 Å². The number of halogens is 2. The quantitative estimate of drug-likeness (QED) is 0.526. The lowest BCUT2D eigenvalue weighted by atomic mass is 10.1. The molecule has 0 atom stereocenters. The highest BCUT2D eigenvalue weighted by molar-refractivity contribution is 14.1. The van der Waals surface area contributed by atoms with E-state index in [9.17, 15) is 0 Å². The summed E-state index contributed by atoms with van der Waals surface area (Å²) in [4.78, 5) is 10.9. The summed E-state index contributed by atoms with van der Waals surface area (Å²) < 4.78 is 1.13. The number of fused-ring (bicyclic) bond motifs is 1. The maximum atomic E-state index is 6.15. The summed E-state index contributed by atoms with van der Waals surface area (Å²) in [6.45, 7) is 4.20. The summed E-state index contributed by atoms with van der Waals surface area (Å²) in [6, 6.07) is 10.1. The Labute approximate surface area is 148 Å². The van der Waals surface area contributed by atoms with Crippen LogP contribution in [0.4, 0.5) is 11.5 Å². The highest BCUT2D eigenvalue weighted by Crippen LogP contribution is 2.33. The maximum Gasteiger partial charge on any atom is 0.144 e. The van der Waals surface area contributed by atoms with Crippen molar-refractivity contribution in [1.29, 1.82) is 0 Å². The van der Waals surface area contributed by atoms with Gasteiger partial charge >= 0.3 is 0 Å². The number of nitrogens with zero attached hydrogens (tertiary/aromatic N) is 3. The lowest BCUT2D eigenvalue weighted by molar-refractivity contribution is 1.10. The normalized spacial score (nSPS) is 11.0. The van der Waals surface area contributed by atoms with Gasteiger partial charge in [0, 0.05) is 21.0 Å². The van der Waals surface area contributed by atoms with Crippen LogP contribution < -0.4 is 4.90 Å². The molecule has 0 aliphatic carbocycles. The van der Waals surface area contributed by atoms with E-state index in [4.69, 9.17) is 11.6 Å². The molecule has 0 aliphatic heterocycles. The molecule has 3 aromatic rings. The van der Waals surface area contributed by atoms with Gasteiger partial charge in [-0.3, -0.25) is 0 Å². The lowest BCUT2D eigenvalue weighted by Crippen LogP contribution is -2.13. The van der Waals surface area contributed by atoms with Crippen molar-refractivity contribution in [3.8, 4) is 0 Å². The zero-order chi connectivity index (χ0) is 15.9. The second-order valence-corrected chi connectivity index (χ2v) is 6.90. The predicted octanol–water partition coefficient (Wildman–Crippen LogP) is 5.27. The Kier molecular flexibility index (Phi) is 4.23. The summed E-state index contributed by atoms with van der Waals surface area (Å²) in [5.74, 6) is 0.883. The molecule has 0 radical (unpaired) electrons. The second kappa shape index (κ2) is 6.01. The minimum atomic E-state index is 0.715. The average molecular weight is 424 g/mol. The highest BCUT2D eigenvalue weighted by Gasteiger charge is 2.14. The van der Waals surface area contributed by atoms with E-state index in [-0.39, 0.29) is 0 Å². The van der Waals surface area contributed by atoms with Gasteiger partial charge in [-0.2, -0.15) is 0 Å².